The summed E-state index contributed by atoms with van der Waals surface area (Å²) in [4.78, 5) is 2.04. The molecule has 1 unspecified atom stereocenters. The van der Waals surface area contributed by atoms with Crippen LogP contribution in [0, 0.1) is 0 Å². The van der Waals surface area contributed by atoms with Gasteiger partial charge in [0.1, 0.15) is 11.9 Å². The molecule has 3 nitrogen and oxygen atoms in total. The standard InChI is InChI=1S/C17H19NO2/c1-18(2)14-8-6-12(7-9-14)16(19)15-5-3-4-13-10-11-20-17(13)15/h3-9,16,19H,10-11H2,1-2H3. The Labute approximate surface area is 119 Å². The molecule has 2 aromatic carbocycles. The van der Waals surface area contributed by atoms with Crippen molar-refractivity contribution in [1.82, 2.24) is 0 Å². The summed E-state index contributed by atoms with van der Waals surface area (Å²) in [6.45, 7) is 0.707. The number of aliphatic hydroxyl groups is 1. The largest absolute Gasteiger partial charge is 0.493 e. The molecule has 20 heavy (non-hydrogen) atoms. The van der Waals surface area contributed by atoms with Gasteiger partial charge < -0.3 is 14.7 Å². The molecule has 0 aliphatic carbocycles. The van der Waals surface area contributed by atoms with Crippen LogP contribution in [-0.4, -0.2) is 25.8 Å². The predicted molar refractivity (Wildman–Crippen MR) is 80.5 cm³/mol. The number of hydrogen-bond donors (Lipinski definition) is 1. The van der Waals surface area contributed by atoms with Crippen LogP contribution in [-0.2, 0) is 6.42 Å². The molecule has 1 aliphatic rings. The van der Waals surface area contributed by atoms with E-state index >= 15 is 0 Å². The van der Waals surface area contributed by atoms with Crippen LogP contribution in [0.3, 0.4) is 0 Å². The van der Waals surface area contributed by atoms with Crippen molar-refractivity contribution in [2.75, 3.05) is 25.6 Å². The predicted octanol–water partition coefficient (Wildman–Crippen LogP) is 2.77. The second-order valence-corrected chi connectivity index (χ2v) is 5.32. The number of anilines is 1. The fourth-order valence-corrected chi connectivity index (χ4v) is 2.59. The van der Waals surface area contributed by atoms with Crippen LogP contribution in [0.25, 0.3) is 0 Å². The van der Waals surface area contributed by atoms with E-state index in [-0.39, 0.29) is 0 Å². The van der Waals surface area contributed by atoms with E-state index in [4.69, 9.17) is 4.74 Å². The molecule has 0 bridgehead atoms. The lowest BCUT2D eigenvalue weighted by Crippen LogP contribution is -2.09. The summed E-state index contributed by atoms with van der Waals surface area (Å²) in [5.41, 5.74) is 4.05. The van der Waals surface area contributed by atoms with E-state index in [9.17, 15) is 5.11 Å². The molecule has 1 heterocycles. The number of ether oxygens (including phenoxy) is 1. The maximum Gasteiger partial charge on any atom is 0.128 e. The number of fused-ring (bicyclic) bond motifs is 1. The van der Waals surface area contributed by atoms with E-state index in [1.807, 2.05) is 55.4 Å². The number of benzene rings is 2. The van der Waals surface area contributed by atoms with Gasteiger partial charge in [-0.15, -0.1) is 0 Å². The summed E-state index contributed by atoms with van der Waals surface area (Å²) in [6, 6.07) is 14.0. The number of aliphatic hydroxyl groups excluding tert-OH is 1. The molecule has 1 atom stereocenters. The normalized spacial score (nSPS) is 14.6. The van der Waals surface area contributed by atoms with Crippen LogP contribution < -0.4 is 9.64 Å². The third kappa shape index (κ3) is 2.25. The van der Waals surface area contributed by atoms with Crippen molar-refractivity contribution in [2.24, 2.45) is 0 Å². The first-order chi connectivity index (χ1) is 9.66. The van der Waals surface area contributed by atoms with Crippen LogP contribution >= 0.6 is 0 Å². The van der Waals surface area contributed by atoms with Crippen molar-refractivity contribution in [1.29, 1.82) is 0 Å². The van der Waals surface area contributed by atoms with Gasteiger partial charge in [0.2, 0.25) is 0 Å². The number of para-hydroxylation sites is 1. The van der Waals surface area contributed by atoms with E-state index in [0.717, 1.165) is 29.0 Å². The first-order valence-corrected chi connectivity index (χ1v) is 6.87. The SMILES string of the molecule is CN(C)c1ccc(C(O)c2cccc3c2OCC3)cc1. The fraction of sp³-hybridized carbons (Fsp3) is 0.294. The molecule has 1 N–H and O–H groups in total. The first-order valence-electron chi connectivity index (χ1n) is 6.87. The number of rotatable bonds is 3. The molecule has 0 saturated carbocycles. The Morgan fingerprint density at radius 3 is 2.55 bits per heavy atom. The molecule has 2 aromatic rings. The first kappa shape index (κ1) is 13.0. The van der Waals surface area contributed by atoms with Gasteiger partial charge in [0.15, 0.2) is 0 Å². The zero-order valence-electron chi connectivity index (χ0n) is 11.8. The van der Waals surface area contributed by atoms with E-state index in [1.165, 1.54) is 5.56 Å². The molecule has 3 heteroatoms. The van der Waals surface area contributed by atoms with Crippen molar-refractivity contribution in [3.63, 3.8) is 0 Å². The fourth-order valence-electron chi connectivity index (χ4n) is 2.59. The van der Waals surface area contributed by atoms with Crippen LogP contribution in [0.15, 0.2) is 42.5 Å². The lowest BCUT2D eigenvalue weighted by molar-refractivity contribution is 0.214. The quantitative estimate of drug-likeness (QED) is 0.930. The monoisotopic (exact) mass is 269 g/mol. The van der Waals surface area contributed by atoms with Crippen molar-refractivity contribution >= 4 is 5.69 Å². The Balaban J connectivity index is 1.93. The molecular formula is C17H19NO2. The Kier molecular flexibility index (Phi) is 3.36. The van der Waals surface area contributed by atoms with Gasteiger partial charge in [0.25, 0.3) is 0 Å². The minimum atomic E-state index is -0.640. The minimum absolute atomic E-state index is 0.640. The van der Waals surface area contributed by atoms with Gasteiger partial charge in [-0.25, -0.2) is 0 Å². The van der Waals surface area contributed by atoms with Crippen molar-refractivity contribution in [2.45, 2.75) is 12.5 Å². The van der Waals surface area contributed by atoms with Gasteiger partial charge in [-0.05, 0) is 23.3 Å². The second-order valence-electron chi connectivity index (χ2n) is 5.32. The average molecular weight is 269 g/mol. The molecule has 0 amide bonds. The van der Waals surface area contributed by atoms with Crippen LogP contribution in [0.1, 0.15) is 22.8 Å². The summed E-state index contributed by atoms with van der Waals surface area (Å²) in [5, 5.41) is 10.6. The van der Waals surface area contributed by atoms with Crippen LogP contribution in [0.2, 0.25) is 0 Å². The highest BCUT2D eigenvalue weighted by atomic mass is 16.5. The molecule has 1 aliphatic heterocycles. The van der Waals surface area contributed by atoms with Crippen molar-refractivity contribution in [3.05, 3.63) is 59.2 Å². The highest BCUT2D eigenvalue weighted by molar-refractivity contribution is 5.51. The zero-order valence-corrected chi connectivity index (χ0v) is 11.8. The van der Waals surface area contributed by atoms with Gasteiger partial charge in [-0.3, -0.25) is 0 Å². The molecule has 0 saturated heterocycles. The minimum Gasteiger partial charge on any atom is -0.493 e. The highest BCUT2D eigenvalue weighted by Gasteiger charge is 2.21. The molecule has 104 valence electrons. The third-order valence-corrected chi connectivity index (χ3v) is 3.76. The van der Waals surface area contributed by atoms with E-state index < -0.39 is 6.10 Å². The van der Waals surface area contributed by atoms with Gasteiger partial charge in [-0.1, -0.05) is 30.3 Å². The lowest BCUT2D eigenvalue weighted by atomic mass is 9.98. The van der Waals surface area contributed by atoms with Gasteiger partial charge in [0.05, 0.1) is 6.61 Å². The smallest absolute Gasteiger partial charge is 0.128 e. The summed E-state index contributed by atoms with van der Waals surface area (Å²) in [5.74, 6) is 0.858. The molecule has 3 rings (SSSR count). The van der Waals surface area contributed by atoms with Crippen molar-refractivity contribution < 1.29 is 9.84 Å². The van der Waals surface area contributed by atoms with Gasteiger partial charge in [0, 0.05) is 31.8 Å². The Morgan fingerprint density at radius 2 is 1.85 bits per heavy atom. The summed E-state index contributed by atoms with van der Waals surface area (Å²) in [6.07, 6.45) is 0.286. The summed E-state index contributed by atoms with van der Waals surface area (Å²) >= 11 is 0. The van der Waals surface area contributed by atoms with E-state index in [2.05, 4.69) is 6.07 Å². The van der Waals surface area contributed by atoms with Gasteiger partial charge in [-0.2, -0.15) is 0 Å². The number of nitrogens with zero attached hydrogens (tertiary/aromatic N) is 1. The summed E-state index contributed by atoms with van der Waals surface area (Å²) in [7, 11) is 4.01. The van der Waals surface area contributed by atoms with Crippen LogP contribution in [0.4, 0.5) is 5.69 Å². The van der Waals surface area contributed by atoms with Crippen LogP contribution in [0.5, 0.6) is 5.75 Å². The Morgan fingerprint density at radius 1 is 1.10 bits per heavy atom. The lowest BCUT2D eigenvalue weighted by Gasteiger charge is -2.17. The van der Waals surface area contributed by atoms with E-state index in [0.29, 0.717) is 6.61 Å². The maximum atomic E-state index is 10.6. The third-order valence-electron chi connectivity index (χ3n) is 3.76. The van der Waals surface area contributed by atoms with Gasteiger partial charge >= 0.3 is 0 Å². The second kappa shape index (κ2) is 5.17. The molecule has 0 radical (unpaired) electrons. The maximum absolute atomic E-state index is 10.6. The Hall–Kier alpha value is -2.00. The zero-order chi connectivity index (χ0) is 14.1. The average Bonchev–Trinajstić information content (AvgIpc) is 2.95. The molecule has 0 spiro atoms. The highest BCUT2D eigenvalue weighted by Crippen LogP contribution is 2.36. The number of hydrogen-bond acceptors (Lipinski definition) is 3. The topological polar surface area (TPSA) is 32.7 Å². The summed E-state index contributed by atoms with van der Waals surface area (Å²) < 4.78 is 5.67. The molecule has 0 aromatic heterocycles. The van der Waals surface area contributed by atoms with E-state index in [1.54, 1.807) is 0 Å². The molecule has 0 fully saturated rings. The van der Waals surface area contributed by atoms with Crippen molar-refractivity contribution in [3.8, 4) is 5.75 Å². The Bertz CT molecular complexity index is 605. The molecular weight excluding hydrogens is 250 g/mol.